The van der Waals surface area contributed by atoms with E-state index < -0.39 is 5.82 Å². The molecule has 1 amide bonds. The summed E-state index contributed by atoms with van der Waals surface area (Å²) in [5.41, 5.74) is 0.887. The van der Waals surface area contributed by atoms with Gasteiger partial charge in [-0.3, -0.25) is 4.79 Å². The van der Waals surface area contributed by atoms with Gasteiger partial charge in [0.1, 0.15) is 5.82 Å². The molecule has 0 aromatic heterocycles. The van der Waals surface area contributed by atoms with Crippen molar-refractivity contribution in [2.24, 2.45) is 0 Å². The first-order valence-electron chi connectivity index (χ1n) is 5.75. The maximum Gasteiger partial charge on any atom is 0.248 e. The zero-order valence-corrected chi connectivity index (χ0v) is 13.2. The molecule has 102 valence electrons. The van der Waals surface area contributed by atoms with Crippen LogP contribution in [0.2, 0.25) is 5.02 Å². The van der Waals surface area contributed by atoms with E-state index >= 15 is 0 Å². The number of carbonyl (C=O) groups excluding carboxylic acids is 1. The van der Waals surface area contributed by atoms with Crippen molar-refractivity contribution in [3.8, 4) is 0 Å². The molecule has 2 rings (SSSR count). The Bertz CT molecular complexity index is 652. The average Bonchev–Trinajstić information content (AvgIpc) is 2.38. The fourth-order valence-electron chi connectivity index (χ4n) is 1.58. The van der Waals surface area contributed by atoms with E-state index in [1.807, 2.05) is 18.2 Å². The average molecular weight is 402 g/mol. The number of anilines is 1. The van der Waals surface area contributed by atoms with Crippen LogP contribution in [0.1, 0.15) is 5.56 Å². The lowest BCUT2D eigenvalue weighted by Crippen LogP contribution is -2.07. The lowest BCUT2D eigenvalue weighted by Gasteiger charge is -2.03. The Kier molecular flexibility index (Phi) is 5.14. The van der Waals surface area contributed by atoms with E-state index in [2.05, 4.69) is 27.9 Å². The van der Waals surface area contributed by atoms with Crippen LogP contribution >= 0.6 is 34.2 Å². The Balaban J connectivity index is 2.10. The van der Waals surface area contributed by atoms with Crippen molar-refractivity contribution < 1.29 is 9.18 Å². The molecule has 5 heteroatoms. The van der Waals surface area contributed by atoms with E-state index in [9.17, 15) is 9.18 Å². The molecule has 0 aliphatic rings. The number of amides is 1. The summed E-state index contributed by atoms with van der Waals surface area (Å²) in [6.07, 6.45) is 2.62. The highest BCUT2D eigenvalue weighted by molar-refractivity contribution is 14.1. The molecule has 2 nitrogen and oxygen atoms in total. The minimum absolute atomic E-state index is 0.201. The molecule has 0 bridgehead atoms. The lowest BCUT2D eigenvalue weighted by atomic mass is 10.2. The monoisotopic (exact) mass is 401 g/mol. The summed E-state index contributed by atoms with van der Waals surface area (Å²) < 4.78 is 14.5. The van der Waals surface area contributed by atoms with E-state index in [1.54, 1.807) is 12.1 Å². The fourth-order valence-corrected chi connectivity index (χ4v) is 2.35. The van der Waals surface area contributed by atoms with Gasteiger partial charge in [-0.15, -0.1) is 0 Å². The summed E-state index contributed by atoms with van der Waals surface area (Å²) >= 11 is 8.03. The summed E-state index contributed by atoms with van der Waals surface area (Å²) in [5, 5.41) is 2.96. The molecule has 0 saturated carbocycles. The number of hydrogen-bond donors (Lipinski definition) is 1. The molecule has 2 aromatic rings. The highest BCUT2D eigenvalue weighted by Crippen LogP contribution is 2.20. The summed E-state index contributed by atoms with van der Waals surface area (Å²) in [5.74, 6) is -0.804. The predicted octanol–water partition coefficient (Wildman–Crippen LogP) is 4.74. The number of hydrogen-bond acceptors (Lipinski definition) is 1. The molecule has 0 aliphatic heterocycles. The van der Waals surface area contributed by atoms with Crippen molar-refractivity contribution in [1.82, 2.24) is 0 Å². The first-order valence-corrected chi connectivity index (χ1v) is 7.20. The van der Waals surface area contributed by atoms with E-state index in [1.165, 1.54) is 24.3 Å². The minimum atomic E-state index is -0.462. The fraction of sp³-hybridized carbons (Fsp3) is 0. The van der Waals surface area contributed by atoms with Gasteiger partial charge in [0.2, 0.25) is 5.91 Å². The maximum absolute atomic E-state index is 13.5. The van der Waals surface area contributed by atoms with Gasteiger partial charge in [0.05, 0.1) is 5.02 Å². The Morgan fingerprint density at radius 1 is 1.25 bits per heavy atom. The molecule has 20 heavy (non-hydrogen) atoms. The van der Waals surface area contributed by atoms with Crippen LogP contribution in [-0.2, 0) is 4.79 Å². The Hall–Kier alpha value is -1.40. The minimum Gasteiger partial charge on any atom is -0.322 e. The molecule has 0 atom stereocenters. The molecular formula is C15H10ClFINO. The van der Waals surface area contributed by atoms with Crippen molar-refractivity contribution in [2.45, 2.75) is 0 Å². The second kappa shape index (κ2) is 6.85. The van der Waals surface area contributed by atoms with Gasteiger partial charge >= 0.3 is 0 Å². The maximum atomic E-state index is 13.5. The molecule has 0 heterocycles. The molecule has 0 fully saturated rings. The second-order valence-electron chi connectivity index (χ2n) is 3.97. The molecule has 0 spiro atoms. The van der Waals surface area contributed by atoms with Crippen LogP contribution in [0.25, 0.3) is 6.08 Å². The van der Waals surface area contributed by atoms with Crippen molar-refractivity contribution in [1.29, 1.82) is 0 Å². The molecule has 2 aromatic carbocycles. The SMILES string of the molecule is O=C(/C=C/c1c(F)cccc1Cl)Nc1cccc(I)c1. The number of rotatable bonds is 3. The van der Waals surface area contributed by atoms with Crippen molar-refractivity contribution in [3.05, 3.63) is 68.5 Å². The van der Waals surface area contributed by atoms with Crippen LogP contribution in [0.5, 0.6) is 0 Å². The van der Waals surface area contributed by atoms with E-state index in [-0.39, 0.29) is 16.5 Å². The van der Waals surface area contributed by atoms with Crippen LogP contribution in [0.3, 0.4) is 0 Å². The van der Waals surface area contributed by atoms with Gasteiger partial charge in [-0.1, -0.05) is 23.7 Å². The first kappa shape index (κ1) is 15.0. The lowest BCUT2D eigenvalue weighted by molar-refractivity contribution is -0.111. The Labute approximate surface area is 134 Å². The molecule has 1 N–H and O–H groups in total. The van der Waals surface area contributed by atoms with Gasteiger partial charge in [-0.25, -0.2) is 4.39 Å². The second-order valence-corrected chi connectivity index (χ2v) is 5.62. The number of carbonyl (C=O) groups is 1. The van der Waals surface area contributed by atoms with Crippen molar-refractivity contribution in [2.75, 3.05) is 5.32 Å². The largest absolute Gasteiger partial charge is 0.322 e. The van der Waals surface area contributed by atoms with Crippen molar-refractivity contribution in [3.63, 3.8) is 0 Å². The van der Waals surface area contributed by atoms with Crippen molar-refractivity contribution >= 4 is 51.9 Å². The summed E-state index contributed by atoms with van der Waals surface area (Å²) in [6, 6.07) is 11.8. The Morgan fingerprint density at radius 3 is 2.70 bits per heavy atom. The van der Waals surface area contributed by atoms with Gasteiger partial charge < -0.3 is 5.32 Å². The number of benzene rings is 2. The topological polar surface area (TPSA) is 29.1 Å². The highest BCUT2D eigenvalue weighted by Gasteiger charge is 2.04. The van der Waals surface area contributed by atoms with E-state index in [0.717, 1.165) is 3.57 Å². The zero-order chi connectivity index (χ0) is 14.5. The van der Waals surface area contributed by atoms with Gasteiger partial charge in [-0.2, -0.15) is 0 Å². The Morgan fingerprint density at radius 2 is 2.00 bits per heavy atom. The van der Waals surface area contributed by atoms with Gasteiger partial charge in [0.25, 0.3) is 0 Å². The molecular weight excluding hydrogens is 392 g/mol. The predicted molar refractivity (Wildman–Crippen MR) is 88.2 cm³/mol. The normalized spacial score (nSPS) is 10.8. The quantitative estimate of drug-likeness (QED) is 0.584. The van der Waals surface area contributed by atoms with Gasteiger partial charge in [-0.05, 0) is 59.0 Å². The summed E-state index contributed by atoms with van der Waals surface area (Å²) in [6.45, 7) is 0. The van der Waals surface area contributed by atoms with Gasteiger partial charge in [0, 0.05) is 20.9 Å². The summed E-state index contributed by atoms with van der Waals surface area (Å²) in [7, 11) is 0. The van der Waals surface area contributed by atoms with Crippen LogP contribution in [0.15, 0.2) is 48.5 Å². The highest BCUT2D eigenvalue weighted by atomic mass is 127. The van der Waals surface area contributed by atoms with Crippen LogP contribution < -0.4 is 5.32 Å². The van der Waals surface area contributed by atoms with Crippen LogP contribution in [-0.4, -0.2) is 5.91 Å². The zero-order valence-electron chi connectivity index (χ0n) is 10.2. The molecule has 0 unspecified atom stereocenters. The standard InChI is InChI=1S/C15H10ClFINO/c16-13-5-2-6-14(17)12(13)7-8-15(20)19-11-4-1-3-10(18)9-11/h1-9H,(H,19,20)/b8-7+. The number of halogens is 3. The third kappa shape index (κ3) is 4.05. The van der Waals surface area contributed by atoms with Crippen LogP contribution in [0, 0.1) is 9.39 Å². The van der Waals surface area contributed by atoms with Gasteiger partial charge in [0.15, 0.2) is 0 Å². The summed E-state index contributed by atoms with van der Waals surface area (Å²) in [4.78, 5) is 11.8. The van der Waals surface area contributed by atoms with Crippen LogP contribution in [0.4, 0.5) is 10.1 Å². The van der Waals surface area contributed by atoms with E-state index in [4.69, 9.17) is 11.6 Å². The molecule has 0 saturated heterocycles. The first-order chi connectivity index (χ1) is 9.56. The third-order valence-corrected chi connectivity index (χ3v) is 3.49. The molecule has 0 radical (unpaired) electrons. The van der Waals surface area contributed by atoms with E-state index in [0.29, 0.717) is 5.69 Å². The smallest absolute Gasteiger partial charge is 0.248 e. The third-order valence-electron chi connectivity index (χ3n) is 2.49. The molecule has 0 aliphatic carbocycles. The number of nitrogens with one attached hydrogen (secondary N) is 1.